The number of rotatable bonds is 10. The molecule has 210 valence electrons. The number of halogens is 2. The first-order chi connectivity index (χ1) is 19.8. The van der Waals surface area contributed by atoms with E-state index in [0.29, 0.717) is 43.7 Å². The lowest BCUT2D eigenvalue weighted by atomic mass is 10.2. The second-order valence-corrected chi connectivity index (χ2v) is 12.6. The first-order valence-corrected chi connectivity index (χ1v) is 15.6. The van der Waals surface area contributed by atoms with Crippen LogP contribution < -0.4 is 15.4 Å². The molecule has 0 fully saturated rings. The number of hydrogen-bond donors (Lipinski definition) is 2. The zero-order valence-corrected chi connectivity index (χ0v) is 25.6. The Morgan fingerprint density at radius 3 is 2.56 bits per heavy atom. The summed E-state index contributed by atoms with van der Waals surface area (Å²) < 4.78 is 8.72. The zero-order valence-electron chi connectivity index (χ0n) is 21.7. The smallest absolute Gasteiger partial charge is 0.234 e. The number of aromatic nitrogens is 4. The Hall–Kier alpha value is -3.29. The van der Waals surface area contributed by atoms with Gasteiger partial charge >= 0.3 is 0 Å². The molecular weight excluding hydrogens is 623 g/mol. The van der Waals surface area contributed by atoms with Crippen molar-refractivity contribution in [2.24, 2.45) is 7.05 Å². The van der Waals surface area contributed by atoms with Crippen molar-refractivity contribution in [3.63, 3.8) is 0 Å². The first kappa shape index (κ1) is 29.2. The summed E-state index contributed by atoms with van der Waals surface area (Å²) in [6.45, 7) is 0. The van der Waals surface area contributed by atoms with Crippen LogP contribution in [0.3, 0.4) is 0 Å². The fourth-order valence-corrected chi connectivity index (χ4v) is 6.89. The minimum atomic E-state index is -0.185. The van der Waals surface area contributed by atoms with Crippen molar-refractivity contribution in [2.75, 3.05) is 29.2 Å². The summed E-state index contributed by atoms with van der Waals surface area (Å²) in [6.07, 6.45) is 0. The van der Waals surface area contributed by atoms with Crippen LogP contribution in [0.2, 0.25) is 10.0 Å². The quantitative estimate of drug-likeness (QED) is 0.158. The number of methoxy groups -OCH3 is 1. The molecule has 41 heavy (non-hydrogen) atoms. The van der Waals surface area contributed by atoms with E-state index in [2.05, 4.69) is 25.8 Å². The Morgan fingerprint density at radius 2 is 1.76 bits per heavy atom. The standard InChI is InChI=1S/C27H22Cl2N6O3S3/c1-35-25(17-9-7-15(28)11-18(17)29)33-34-26(35)39-13-23(36)30-16-8-10-20-22(12-16)41-27(32-20)40-14-24(37)31-19-5-3-4-6-21(19)38-2/h3-12H,13-14H2,1-2H3,(H,30,36)(H,31,37). The van der Waals surface area contributed by atoms with E-state index in [1.54, 1.807) is 48.1 Å². The van der Waals surface area contributed by atoms with Gasteiger partial charge in [-0.1, -0.05) is 58.9 Å². The highest BCUT2D eigenvalue weighted by Crippen LogP contribution is 2.33. The molecule has 2 heterocycles. The van der Waals surface area contributed by atoms with Crippen LogP contribution >= 0.6 is 58.1 Å². The SMILES string of the molecule is COc1ccccc1NC(=O)CSc1nc2ccc(NC(=O)CSc3nnc(-c4ccc(Cl)cc4Cl)n3C)cc2s1. The number of nitrogens with one attached hydrogen (secondary N) is 2. The van der Waals surface area contributed by atoms with Crippen LogP contribution in [0.4, 0.5) is 11.4 Å². The molecule has 3 aromatic carbocycles. The molecule has 5 rings (SSSR count). The van der Waals surface area contributed by atoms with Crippen LogP contribution in [0, 0.1) is 0 Å². The number of benzene rings is 3. The third-order valence-corrected chi connectivity index (χ3v) is 9.43. The Labute approximate surface area is 258 Å². The van der Waals surface area contributed by atoms with Gasteiger partial charge in [0.25, 0.3) is 0 Å². The highest BCUT2D eigenvalue weighted by Gasteiger charge is 2.16. The fraction of sp³-hybridized carbons (Fsp3) is 0.148. The van der Waals surface area contributed by atoms with E-state index < -0.39 is 0 Å². The summed E-state index contributed by atoms with van der Waals surface area (Å²) in [7, 11) is 3.37. The van der Waals surface area contributed by atoms with E-state index in [9.17, 15) is 9.59 Å². The van der Waals surface area contributed by atoms with Crippen LogP contribution in [-0.2, 0) is 16.6 Å². The molecule has 2 amide bonds. The number of fused-ring (bicyclic) bond motifs is 1. The van der Waals surface area contributed by atoms with Crippen molar-refractivity contribution in [2.45, 2.75) is 9.50 Å². The summed E-state index contributed by atoms with van der Waals surface area (Å²) in [5, 5.41) is 15.8. The molecule has 5 aromatic rings. The molecule has 0 aliphatic heterocycles. The topological polar surface area (TPSA) is 111 Å². The number of ether oxygens (including phenoxy) is 1. The van der Waals surface area contributed by atoms with Gasteiger partial charge in [0.05, 0.1) is 39.5 Å². The number of carbonyl (C=O) groups is 2. The largest absolute Gasteiger partial charge is 0.495 e. The van der Waals surface area contributed by atoms with Gasteiger partial charge in [-0.05, 0) is 48.5 Å². The van der Waals surface area contributed by atoms with E-state index in [1.165, 1.54) is 34.9 Å². The number of para-hydroxylation sites is 2. The third kappa shape index (κ3) is 7.14. The predicted molar refractivity (Wildman–Crippen MR) is 168 cm³/mol. The maximum Gasteiger partial charge on any atom is 0.234 e. The van der Waals surface area contributed by atoms with Crippen LogP contribution in [0.15, 0.2) is 70.2 Å². The van der Waals surface area contributed by atoms with E-state index in [0.717, 1.165) is 14.6 Å². The highest BCUT2D eigenvalue weighted by atomic mass is 35.5. The second kappa shape index (κ2) is 13.1. The molecule has 0 bridgehead atoms. The molecule has 0 saturated heterocycles. The maximum absolute atomic E-state index is 12.7. The zero-order chi connectivity index (χ0) is 28.9. The van der Waals surface area contributed by atoms with Crippen LogP contribution in [0.5, 0.6) is 5.75 Å². The molecule has 0 spiro atoms. The second-order valence-electron chi connectivity index (χ2n) is 8.53. The lowest BCUT2D eigenvalue weighted by Gasteiger charge is -2.09. The lowest BCUT2D eigenvalue weighted by Crippen LogP contribution is -2.14. The monoisotopic (exact) mass is 644 g/mol. The van der Waals surface area contributed by atoms with Crippen LogP contribution in [0.25, 0.3) is 21.6 Å². The van der Waals surface area contributed by atoms with Crippen molar-refractivity contribution in [1.29, 1.82) is 0 Å². The van der Waals surface area contributed by atoms with Gasteiger partial charge in [0.15, 0.2) is 15.3 Å². The van der Waals surface area contributed by atoms with Gasteiger partial charge in [-0.3, -0.25) is 9.59 Å². The van der Waals surface area contributed by atoms with Gasteiger partial charge in [-0.15, -0.1) is 21.5 Å². The molecule has 14 heteroatoms. The maximum atomic E-state index is 12.7. The van der Waals surface area contributed by atoms with Crippen LogP contribution in [0.1, 0.15) is 0 Å². The molecule has 9 nitrogen and oxygen atoms in total. The van der Waals surface area contributed by atoms with Gasteiger partial charge in [-0.25, -0.2) is 4.98 Å². The summed E-state index contributed by atoms with van der Waals surface area (Å²) >= 11 is 16.4. The molecule has 0 radical (unpaired) electrons. The number of thioether (sulfide) groups is 2. The van der Waals surface area contributed by atoms with Crippen LogP contribution in [-0.4, -0.2) is 50.2 Å². The van der Waals surface area contributed by atoms with Crippen molar-refractivity contribution < 1.29 is 14.3 Å². The van der Waals surface area contributed by atoms with Crippen molar-refractivity contribution in [3.05, 3.63) is 70.7 Å². The van der Waals surface area contributed by atoms with Gasteiger partial charge in [0.1, 0.15) is 5.75 Å². The normalized spacial score (nSPS) is 11.0. The molecule has 0 aliphatic rings. The van der Waals surface area contributed by atoms with E-state index in [-0.39, 0.29) is 23.3 Å². The molecule has 0 unspecified atom stereocenters. The van der Waals surface area contributed by atoms with Crippen molar-refractivity contribution >= 4 is 91.5 Å². The molecule has 2 aromatic heterocycles. The van der Waals surface area contributed by atoms with E-state index >= 15 is 0 Å². The molecule has 0 saturated carbocycles. The average Bonchev–Trinajstić information content (AvgIpc) is 3.53. The molecule has 0 aliphatic carbocycles. The number of carbonyl (C=O) groups excluding carboxylic acids is 2. The first-order valence-electron chi connectivity index (χ1n) is 12.0. The van der Waals surface area contributed by atoms with Crippen molar-refractivity contribution in [3.8, 4) is 17.1 Å². The molecular formula is C27H22Cl2N6O3S3. The summed E-state index contributed by atoms with van der Waals surface area (Å²) in [4.78, 5) is 29.7. The average molecular weight is 646 g/mol. The minimum Gasteiger partial charge on any atom is -0.495 e. The molecule has 2 N–H and O–H groups in total. The lowest BCUT2D eigenvalue weighted by molar-refractivity contribution is -0.114. The third-order valence-electron chi connectivity index (χ3n) is 5.70. The number of hydrogen-bond acceptors (Lipinski definition) is 9. The summed E-state index contributed by atoms with van der Waals surface area (Å²) in [6, 6.07) is 17.9. The number of nitrogens with zero attached hydrogens (tertiary/aromatic N) is 4. The van der Waals surface area contributed by atoms with Gasteiger partial charge in [-0.2, -0.15) is 0 Å². The predicted octanol–water partition coefficient (Wildman–Crippen LogP) is 6.87. The number of amides is 2. The Bertz CT molecular complexity index is 1740. The van der Waals surface area contributed by atoms with E-state index in [4.69, 9.17) is 27.9 Å². The van der Waals surface area contributed by atoms with E-state index in [1.807, 2.05) is 31.3 Å². The Morgan fingerprint density at radius 1 is 0.976 bits per heavy atom. The highest BCUT2D eigenvalue weighted by molar-refractivity contribution is 8.01. The minimum absolute atomic E-state index is 0.142. The Balaban J connectivity index is 1.16. The summed E-state index contributed by atoms with van der Waals surface area (Å²) in [5.74, 6) is 1.18. The summed E-state index contributed by atoms with van der Waals surface area (Å²) in [5.41, 5.74) is 2.77. The molecule has 0 atom stereocenters. The number of anilines is 2. The number of thiazole rings is 1. The van der Waals surface area contributed by atoms with Crippen molar-refractivity contribution in [1.82, 2.24) is 19.7 Å². The van der Waals surface area contributed by atoms with Gasteiger partial charge < -0.3 is 19.9 Å². The van der Waals surface area contributed by atoms with Gasteiger partial charge in [0, 0.05) is 23.3 Å². The fourth-order valence-electron chi connectivity index (χ4n) is 3.78. The Kier molecular flexibility index (Phi) is 9.35. The van der Waals surface area contributed by atoms with Gasteiger partial charge in [0.2, 0.25) is 11.8 Å².